The van der Waals surface area contributed by atoms with Gasteiger partial charge in [-0.1, -0.05) is 38.1 Å². The van der Waals surface area contributed by atoms with Crippen LogP contribution in [0.2, 0.25) is 0 Å². The van der Waals surface area contributed by atoms with Crippen molar-refractivity contribution in [2.75, 3.05) is 6.54 Å². The fourth-order valence-electron chi connectivity index (χ4n) is 2.71. The van der Waals surface area contributed by atoms with Gasteiger partial charge in [0, 0.05) is 6.42 Å². The molecule has 1 aliphatic carbocycles. The molecule has 4 nitrogen and oxygen atoms in total. The molecule has 0 saturated carbocycles. The van der Waals surface area contributed by atoms with Crippen LogP contribution in [0.25, 0.3) is 0 Å². The molecular formula is C18H25NO3. The summed E-state index contributed by atoms with van der Waals surface area (Å²) in [5.74, 6) is 0.0331. The third kappa shape index (κ3) is 4.86. The minimum Gasteiger partial charge on any atom is -0.456 e. The molecule has 0 spiro atoms. The minimum atomic E-state index is -0.361. The van der Waals surface area contributed by atoms with Crippen molar-refractivity contribution in [1.82, 2.24) is 5.32 Å². The van der Waals surface area contributed by atoms with E-state index in [1.54, 1.807) is 0 Å². The molecule has 1 amide bonds. The van der Waals surface area contributed by atoms with Crippen molar-refractivity contribution in [1.29, 1.82) is 0 Å². The number of carbonyl (C=O) groups is 2. The minimum absolute atomic E-state index is 0.0460. The molecule has 0 heterocycles. The summed E-state index contributed by atoms with van der Waals surface area (Å²) in [6.45, 7) is 4.10. The molecule has 0 saturated heterocycles. The molecule has 1 aromatic carbocycles. The highest BCUT2D eigenvalue weighted by molar-refractivity contribution is 5.81. The lowest BCUT2D eigenvalue weighted by Crippen LogP contribution is -2.31. The number of benzene rings is 1. The third-order valence-electron chi connectivity index (χ3n) is 3.97. The lowest BCUT2D eigenvalue weighted by atomic mass is 9.89. The van der Waals surface area contributed by atoms with E-state index < -0.39 is 0 Å². The van der Waals surface area contributed by atoms with Crippen LogP contribution in [-0.4, -0.2) is 18.4 Å². The van der Waals surface area contributed by atoms with Gasteiger partial charge < -0.3 is 10.1 Å². The maximum Gasteiger partial charge on any atom is 0.326 e. The highest BCUT2D eigenvalue weighted by Gasteiger charge is 2.23. The number of fused-ring (bicyclic) bond motifs is 1. The topological polar surface area (TPSA) is 55.4 Å². The molecule has 1 aromatic rings. The molecule has 0 bridgehead atoms. The Morgan fingerprint density at radius 3 is 2.86 bits per heavy atom. The Hall–Kier alpha value is -1.84. The third-order valence-corrected chi connectivity index (χ3v) is 3.97. The lowest BCUT2D eigenvalue weighted by molar-refractivity contribution is -0.150. The van der Waals surface area contributed by atoms with E-state index in [0.29, 0.717) is 12.3 Å². The predicted octanol–water partition coefficient (Wildman–Crippen LogP) is 3.16. The standard InChI is InChI=1S/C18H25NO3/c1-13(2)10-11-17(20)19-12-18(21)22-16-9-5-7-14-6-3-4-8-15(14)16/h3-4,6,8,13,16H,5,7,9-12H2,1-2H3,(H,19,20). The second-order valence-electron chi connectivity index (χ2n) is 6.28. The number of hydrogen-bond donors (Lipinski definition) is 1. The molecule has 0 aliphatic heterocycles. The lowest BCUT2D eigenvalue weighted by Gasteiger charge is -2.25. The summed E-state index contributed by atoms with van der Waals surface area (Å²) in [4.78, 5) is 23.6. The van der Waals surface area contributed by atoms with Gasteiger partial charge in [0.25, 0.3) is 0 Å². The van der Waals surface area contributed by atoms with E-state index in [9.17, 15) is 9.59 Å². The van der Waals surface area contributed by atoms with Crippen LogP contribution in [0, 0.1) is 5.92 Å². The van der Waals surface area contributed by atoms with E-state index >= 15 is 0 Å². The molecule has 0 fully saturated rings. The Balaban J connectivity index is 1.80. The molecule has 1 N–H and O–H groups in total. The van der Waals surface area contributed by atoms with E-state index in [1.165, 1.54) is 5.56 Å². The molecule has 0 radical (unpaired) electrons. The smallest absolute Gasteiger partial charge is 0.326 e. The molecular weight excluding hydrogens is 278 g/mol. The average Bonchev–Trinajstić information content (AvgIpc) is 2.51. The van der Waals surface area contributed by atoms with Gasteiger partial charge in [-0.2, -0.15) is 0 Å². The second-order valence-corrected chi connectivity index (χ2v) is 6.28. The van der Waals surface area contributed by atoms with Crippen molar-refractivity contribution in [3.05, 3.63) is 35.4 Å². The van der Waals surface area contributed by atoms with Crippen LogP contribution in [0.3, 0.4) is 0 Å². The van der Waals surface area contributed by atoms with Crippen LogP contribution in [0.15, 0.2) is 24.3 Å². The van der Waals surface area contributed by atoms with Crippen molar-refractivity contribution in [3.8, 4) is 0 Å². The number of carbonyl (C=O) groups excluding carboxylic acids is 2. The average molecular weight is 303 g/mol. The Kier molecular flexibility index (Phi) is 5.99. The highest BCUT2D eigenvalue weighted by Crippen LogP contribution is 2.32. The SMILES string of the molecule is CC(C)CCC(=O)NCC(=O)OC1CCCc2ccccc21. The maximum atomic E-state index is 11.9. The number of nitrogens with one attached hydrogen (secondary N) is 1. The first-order valence-electron chi connectivity index (χ1n) is 8.10. The monoisotopic (exact) mass is 303 g/mol. The molecule has 22 heavy (non-hydrogen) atoms. The summed E-state index contributed by atoms with van der Waals surface area (Å²) >= 11 is 0. The normalized spacial score (nSPS) is 17.0. The van der Waals surface area contributed by atoms with E-state index in [-0.39, 0.29) is 24.5 Å². The van der Waals surface area contributed by atoms with Gasteiger partial charge in [-0.05, 0) is 42.7 Å². The molecule has 1 atom stereocenters. The van der Waals surface area contributed by atoms with Crippen LogP contribution >= 0.6 is 0 Å². The van der Waals surface area contributed by atoms with Crippen LogP contribution in [0.4, 0.5) is 0 Å². The Bertz CT molecular complexity index is 525. The van der Waals surface area contributed by atoms with Crippen molar-refractivity contribution in [2.45, 2.75) is 52.1 Å². The number of amides is 1. The van der Waals surface area contributed by atoms with Gasteiger partial charge in [-0.25, -0.2) is 0 Å². The van der Waals surface area contributed by atoms with Crippen molar-refractivity contribution >= 4 is 11.9 Å². The Morgan fingerprint density at radius 2 is 2.09 bits per heavy atom. The Morgan fingerprint density at radius 1 is 1.32 bits per heavy atom. The quantitative estimate of drug-likeness (QED) is 0.821. The van der Waals surface area contributed by atoms with Gasteiger partial charge in [0.1, 0.15) is 12.6 Å². The van der Waals surface area contributed by atoms with E-state index in [0.717, 1.165) is 31.2 Å². The summed E-state index contributed by atoms with van der Waals surface area (Å²) in [6, 6.07) is 8.09. The van der Waals surface area contributed by atoms with Crippen molar-refractivity contribution < 1.29 is 14.3 Å². The first-order chi connectivity index (χ1) is 10.6. The van der Waals surface area contributed by atoms with Gasteiger partial charge in [0.2, 0.25) is 5.91 Å². The highest BCUT2D eigenvalue weighted by atomic mass is 16.5. The van der Waals surface area contributed by atoms with E-state index in [4.69, 9.17) is 4.74 Å². The fourth-order valence-corrected chi connectivity index (χ4v) is 2.71. The maximum absolute atomic E-state index is 11.9. The summed E-state index contributed by atoms with van der Waals surface area (Å²) < 4.78 is 5.54. The van der Waals surface area contributed by atoms with Gasteiger partial charge in [0.15, 0.2) is 0 Å². The molecule has 4 heteroatoms. The predicted molar refractivity (Wildman–Crippen MR) is 85.3 cm³/mol. The van der Waals surface area contributed by atoms with E-state index in [2.05, 4.69) is 25.2 Å². The van der Waals surface area contributed by atoms with Crippen LogP contribution in [0.1, 0.15) is 56.8 Å². The van der Waals surface area contributed by atoms with Crippen molar-refractivity contribution in [3.63, 3.8) is 0 Å². The molecule has 120 valence electrons. The first kappa shape index (κ1) is 16.5. The van der Waals surface area contributed by atoms with Crippen LogP contribution in [0.5, 0.6) is 0 Å². The number of hydrogen-bond acceptors (Lipinski definition) is 3. The van der Waals surface area contributed by atoms with E-state index in [1.807, 2.05) is 18.2 Å². The number of aryl methyl sites for hydroxylation is 1. The zero-order valence-corrected chi connectivity index (χ0v) is 13.4. The van der Waals surface area contributed by atoms with Crippen LogP contribution in [-0.2, 0) is 20.7 Å². The van der Waals surface area contributed by atoms with Gasteiger partial charge in [-0.15, -0.1) is 0 Å². The molecule has 1 aliphatic rings. The summed E-state index contributed by atoms with van der Waals surface area (Å²) in [6.07, 6.45) is 4.02. The number of esters is 1. The number of rotatable bonds is 6. The number of ether oxygens (including phenoxy) is 1. The molecule has 1 unspecified atom stereocenters. The van der Waals surface area contributed by atoms with Gasteiger partial charge in [-0.3, -0.25) is 9.59 Å². The zero-order valence-electron chi connectivity index (χ0n) is 13.4. The van der Waals surface area contributed by atoms with Crippen molar-refractivity contribution in [2.24, 2.45) is 5.92 Å². The first-order valence-corrected chi connectivity index (χ1v) is 8.10. The zero-order chi connectivity index (χ0) is 15.9. The molecule has 2 rings (SSSR count). The Labute approximate surface area is 132 Å². The summed E-state index contributed by atoms with van der Waals surface area (Å²) in [5.41, 5.74) is 2.36. The van der Waals surface area contributed by atoms with Gasteiger partial charge in [0.05, 0.1) is 0 Å². The van der Waals surface area contributed by atoms with Gasteiger partial charge >= 0.3 is 5.97 Å². The summed E-state index contributed by atoms with van der Waals surface area (Å²) in [5, 5.41) is 2.64. The van der Waals surface area contributed by atoms with Crippen LogP contribution < -0.4 is 5.32 Å². The largest absolute Gasteiger partial charge is 0.456 e. The molecule has 0 aromatic heterocycles. The second kappa shape index (κ2) is 7.97. The fraction of sp³-hybridized carbons (Fsp3) is 0.556. The summed E-state index contributed by atoms with van der Waals surface area (Å²) in [7, 11) is 0.